The van der Waals surface area contributed by atoms with Crippen LogP contribution in [0.4, 0.5) is 0 Å². The molecular weight excluding hydrogens is 260 g/mol. The highest BCUT2D eigenvalue weighted by molar-refractivity contribution is 5.89. The fraction of sp³-hybridized carbons (Fsp3) is 0.947. The third kappa shape index (κ3) is 2.81. The second-order valence-corrected chi connectivity index (χ2v) is 8.25. The highest BCUT2D eigenvalue weighted by Crippen LogP contribution is 2.59. The van der Waals surface area contributed by atoms with Crippen LogP contribution < -0.4 is 0 Å². The Balaban J connectivity index is 3.55. The van der Waals surface area contributed by atoms with Gasteiger partial charge in [-0.15, -0.1) is 0 Å². The SMILES string of the molecule is CC(C)O[C@@]1(C)C(=O)CCC(C(C)C)C1(C(C)C)C(C)C. The van der Waals surface area contributed by atoms with Gasteiger partial charge < -0.3 is 4.74 Å². The van der Waals surface area contributed by atoms with Crippen LogP contribution in [0.15, 0.2) is 0 Å². The summed E-state index contributed by atoms with van der Waals surface area (Å²) in [6.07, 6.45) is 1.73. The van der Waals surface area contributed by atoms with Crippen molar-refractivity contribution < 1.29 is 9.53 Å². The van der Waals surface area contributed by atoms with E-state index in [2.05, 4.69) is 48.5 Å². The Labute approximate surface area is 132 Å². The van der Waals surface area contributed by atoms with Crippen molar-refractivity contribution in [3.63, 3.8) is 0 Å². The molecule has 0 aromatic carbocycles. The van der Waals surface area contributed by atoms with Gasteiger partial charge in [0.15, 0.2) is 5.78 Å². The first-order chi connectivity index (χ1) is 9.51. The lowest BCUT2D eigenvalue weighted by Gasteiger charge is -2.61. The Hall–Kier alpha value is -0.370. The zero-order valence-electron chi connectivity index (χ0n) is 15.6. The third-order valence-corrected chi connectivity index (χ3v) is 5.84. The predicted molar refractivity (Wildman–Crippen MR) is 89.3 cm³/mol. The summed E-state index contributed by atoms with van der Waals surface area (Å²) >= 11 is 0. The molecule has 1 unspecified atom stereocenters. The maximum absolute atomic E-state index is 12.9. The van der Waals surface area contributed by atoms with E-state index in [9.17, 15) is 4.79 Å². The van der Waals surface area contributed by atoms with Crippen molar-refractivity contribution in [2.75, 3.05) is 0 Å². The van der Waals surface area contributed by atoms with Gasteiger partial charge in [0.2, 0.25) is 0 Å². The minimum Gasteiger partial charge on any atom is -0.364 e. The van der Waals surface area contributed by atoms with E-state index >= 15 is 0 Å². The molecule has 2 nitrogen and oxygen atoms in total. The summed E-state index contributed by atoms with van der Waals surface area (Å²) < 4.78 is 6.36. The first kappa shape index (κ1) is 18.7. The van der Waals surface area contributed by atoms with Crippen LogP contribution in [0.5, 0.6) is 0 Å². The minimum atomic E-state index is -0.670. The predicted octanol–water partition coefficient (Wildman–Crippen LogP) is 5.10. The van der Waals surface area contributed by atoms with Crippen LogP contribution in [-0.2, 0) is 9.53 Å². The first-order valence-corrected chi connectivity index (χ1v) is 8.72. The normalized spacial score (nSPS) is 30.0. The number of carbonyl (C=O) groups is 1. The van der Waals surface area contributed by atoms with Crippen LogP contribution in [0.3, 0.4) is 0 Å². The zero-order valence-corrected chi connectivity index (χ0v) is 15.6. The van der Waals surface area contributed by atoms with Gasteiger partial charge in [0.05, 0.1) is 6.10 Å². The van der Waals surface area contributed by atoms with E-state index in [1.165, 1.54) is 0 Å². The topological polar surface area (TPSA) is 26.3 Å². The molecule has 0 aromatic heterocycles. The summed E-state index contributed by atoms with van der Waals surface area (Å²) in [5.74, 6) is 2.23. The van der Waals surface area contributed by atoms with Crippen LogP contribution >= 0.6 is 0 Å². The quantitative estimate of drug-likeness (QED) is 0.705. The molecule has 0 N–H and O–H groups in total. The van der Waals surface area contributed by atoms with Crippen LogP contribution in [0.2, 0.25) is 0 Å². The molecule has 2 atom stereocenters. The zero-order chi connectivity index (χ0) is 16.6. The first-order valence-electron chi connectivity index (χ1n) is 8.72. The Bertz CT molecular complexity index is 360. The molecule has 0 spiro atoms. The van der Waals surface area contributed by atoms with Crippen molar-refractivity contribution in [2.24, 2.45) is 29.1 Å². The molecule has 2 heteroatoms. The highest BCUT2D eigenvalue weighted by atomic mass is 16.5. The van der Waals surface area contributed by atoms with Crippen LogP contribution in [0.1, 0.15) is 75.2 Å². The van der Waals surface area contributed by atoms with E-state index in [0.29, 0.717) is 35.9 Å². The van der Waals surface area contributed by atoms with E-state index in [4.69, 9.17) is 4.74 Å². The monoisotopic (exact) mass is 296 g/mol. The Morgan fingerprint density at radius 1 is 1.00 bits per heavy atom. The average molecular weight is 296 g/mol. The maximum Gasteiger partial charge on any atom is 0.164 e. The van der Waals surface area contributed by atoms with Crippen molar-refractivity contribution in [1.82, 2.24) is 0 Å². The fourth-order valence-corrected chi connectivity index (χ4v) is 5.51. The second kappa shape index (κ2) is 6.40. The molecule has 124 valence electrons. The van der Waals surface area contributed by atoms with Gasteiger partial charge in [0, 0.05) is 11.8 Å². The number of hydrogen-bond acceptors (Lipinski definition) is 2. The lowest BCUT2D eigenvalue weighted by atomic mass is 9.46. The molecule has 0 bridgehead atoms. The molecule has 1 aliphatic rings. The average Bonchev–Trinajstić information content (AvgIpc) is 2.29. The molecule has 21 heavy (non-hydrogen) atoms. The van der Waals surface area contributed by atoms with Crippen LogP contribution in [0, 0.1) is 29.1 Å². The molecule has 0 aliphatic heterocycles. The van der Waals surface area contributed by atoms with Crippen LogP contribution in [-0.4, -0.2) is 17.5 Å². The summed E-state index contributed by atoms with van der Waals surface area (Å²) in [7, 11) is 0. The van der Waals surface area contributed by atoms with Crippen molar-refractivity contribution in [1.29, 1.82) is 0 Å². The number of hydrogen-bond donors (Lipinski definition) is 0. The summed E-state index contributed by atoms with van der Waals surface area (Å²) in [5, 5.41) is 0. The van der Waals surface area contributed by atoms with E-state index in [1.807, 2.05) is 13.8 Å². The van der Waals surface area contributed by atoms with Gasteiger partial charge in [-0.3, -0.25) is 4.79 Å². The number of ketones is 1. The fourth-order valence-electron chi connectivity index (χ4n) is 5.51. The minimum absolute atomic E-state index is 0.0711. The third-order valence-electron chi connectivity index (χ3n) is 5.84. The molecule has 0 aromatic rings. The van der Waals surface area contributed by atoms with Gasteiger partial charge in [-0.25, -0.2) is 0 Å². The Kier molecular flexibility index (Phi) is 5.69. The number of rotatable bonds is 5. The maximum atomic E-state index is 12.9. The Morgan fingerprint density at radius 3 is 1.81 bits per heavy atom. The smallest absolute Gasteiger partial charge is 0.164 e. The molecule has 0 heterocycles. The lowest BCUT2D eigenvalue weighted by molar-refractivity contribution is -0.224. The van der Waals surface area contributed by atoms with Gasteiger partial charge >= 0.3 is 0 Å². The largest absolute Gasteiger partial charge is 0.364 e. The van der Waals surface area contributed by atoms with Gasteiger partial charge in [0.1, 0.15) is 5.60 Å². The summed E-state index contributed by atoms with van der Waals surface area (Å²) in [6, 6.07) is 0. The molecule has 0 radical (unpaired) electrons. The molecular formula is C19H36O2. The van der Waals surface area contributed by atoms with Gasteiger partial charge in [-0.05, 0) is 50.9 Å². The van der Waals surface area contributed by atoms with Gasteiger partial charge in [-0.1, -0.05) is 41.5 Å². The number of carbonyl (C=O) groups excluding carboxylic acids is 1. The van der Waals surface area contributed by atoms with E-state index in [1.54, 1.807) is 0 Å². The van der Waals surface area contributed by atoms with Gasteiger partial charge in [-0.2, -0.15) is 0 Å². The van der Waals surface area contributed by atoms with E-state index < -0.39 is 5.60 Å². The van der Waals surface area contributed by atoms with Crippen molar-refractivity contribution in [3.05, 3.63) is 0 Å². The number of Topliss-reactive ketones (excluding diaryl/α,β-unsaturated/α-hetero) is 1. The molecule has 1 fully saturated rings. The van der Waals surface area contributed by atoms with E-state index in [-0.39, 0.29) is 11.5 Å². The standard InChI is InChI=1S/C19H36O2/c1-12(2)16-10-11-17(20)18(9,21-15(7)8)19(16,13(3)4)14(5)6/h12-16H,10-11H2,1-9H3/t16?,18-/m0/s1. The molecule has 1 aliphatic carbocycles. The van der Waals surface area contributed by atoms with Crippen molar-refractivity contribution in [3.8, 4) is 0 Å². The van der Waals surface area contributed by atoms with Crippen molar-refractivity contribution >= 4 is 5.78 Å². The second-order valence-electron chi connectivity index (χ2n) is 8.25. The summed E-state index contributed by atoms with van der Waals surface area (Å²) in [5.41, 5.74) is -0.766. The Morgan fingerprint density at radius 2 is 1.48 bits per heavy atom. The molecule has 0 amide bonds. The highest BCUT2D eigenvalue weighted by Gasteiger charge is 2.63. The summed E-state index contributed by atoms with van der Waals surface area (Å²) in [4.78, 5) is 12.9. The number of ether oxygens (including phenoxy) is 1. The lowest BCUT2D eigenvalue weighted by Crippen LogP contribution is -2.66. The molecule has 0 saturated heterocycles. The van der Waals surface area contributed by atoms with E-state index in [0.717, 1.165) is 6.42 Å². The summed E-state index contributed by atoms with van der Waals surface area (Å²) in [6.45, 7) is 19.9. The molecule has 1 saturated carbocycles. The van der Waals surface area contributed by atoms with Gasteiger partial charge in [0.25, 0.3) is 0 Å². The van der Waals surface area contributed by atoms with Crippen LogP contribution in [0.25, 0.3) is 0 Å². The molecule has 1 rings (SSSR count). The van der Waals surface area contributed by atoms with Crippen molar-refractivity contribution in [2.45, 2.75) is 86.9 Å².